The number of aliphatic hydroxyl groups excluding tert-OH is 1. The van der Waals surface area contributed by atoms with E-state index in [-0.39, 0.29) is 12.5 Å². The molecule has 2 aliphatic rings. The molecule has 176 valence electrons. The predicted molar refractivity (Wildman–Crippen MR) is 137 cm³/mol. The number of carbonyl (C=O) groups is 1. The van der Waals surface area contributed by atoms with E-state index >= 15 is 0 Å². The summed E-state index contributed by atoms with van der Waals surface area (Å²) in [4.78, 5) is 15.6. The van der Waals surface area contributed by atoms with Crippen molar-refractivity contribution in [3.63, 3.8) is 0 Å². The van der Waals surface area contributed by atoms with Crippen molar-refractivity contribution in [2.45, 2.75) is 43.4 Å². The number of likely N-dealkylation sites (tertiary alicyclic amines) is 1. The molecule has 0 amide bonds. The van der Waals surface area contributed by atoms with Gasteiger partial charge in [-0.2, -0.15) is 0 Å². The lowest BCUT2D eigenvalue weighted by Crippen LogP contribution is -2.37. The topological polar surface area (TPSA) is 40.5 Å². The Labute approximate surface area is 203 Å². The standard InChI is InChI=1S/C31H35NO2/c33-22-8-7-19-32-20-17-27(18-21-32)31(34)26-15-13-25(14-16-26)30-28(23-9-3-1-4-10-23)29(30)24-11-5-2-6-12-24/h1-6,9-16,27-30,33H,7-8,17-22H2. The molecule has 1 aliphatic carbocycles. The molecule has 1 saturated carbocycles. The highest BCUT2D eigenvalue weighted by atomic mass is 16.2. The quantitative estimate of drug-likeness (QED) is 0.318. The average Bonchev–Trinajstić information content (AvgIpc) is 3.66. The number of nitrogens with zero attached hydrogens (tertiary/aromatic N) is 1. The third-order valence-corrected chi connectivity index (χ3v) is 7.81. The summed E-state index contributed by atoms with van der Waals surface area (Å²) in [6.45, 7) is 3.27. The summed E-state index contributed by atoms with van der Waals surface area (Å²) < 4.78 is 0. The summed E-state index contributed by atoms with van der Waals surface area (Å²) in [6, 6.07) is 30.2. The van der Waals surface area contributed by atoms with Crippen molar-refractivity contribution in [3.8, 4) is 0 Å². The van der Waals surface area contributed by atoms with Gasteiger partial charge in [0, 0.05) is 18.1 Å². The van der Waals surface area contributed by atoms with Crippen molar-refractivity contribution < 1.29 is 9.90 Å². The predicted octanol–water partition coefficient (Wildman–Crippen LogP) is 6.02. The van der Waals surface area contributed by atoms with Crippen molar-refractivity contribution in [1.29, 1.82) is 0 Å². The molecule has 0 radical (unpaired) electrons. The normalized spacial score (nSPS) is 23.0. The highest BCUT2D eigenvalue weighted by Crippen LogP contribution is 2.66. The van der Waals surface area contributed by atoms with Crippen LogP contribution in [0.5, 0.6) is 0 Å². The van der Waals surface area contributed by atoms with Gasteiger partial charge in [0.1, 0.15) is 0 Å². The second kappa shape index (κ2) is 10.7. The first-order chi connectivity index (χ1) is 16.8. The van der Waals surface area contributed by atoms with E-state index in [4.69, 9.17) is 5.11 Å². The van der Waals surface area contributed by atoms with E-state index in [1.807, 2.05) is 0 Å². The summed E-state index contributed by atoms with van der Waals surface area (Å²) >= 11 is 0. The fourth-order valence-electron chi connectivity index (χ4n) is 5.88. The summed E-state index contributed by atoms with van der Waals surface area (Å²) in [5.74, 6) is 1.86. The van der Waals surface area contributed by atoms with E-state index in [9.17, 15) is 4.79 Å². The summed E-state index contributed by atoms with van der Waals surface area (Å²) in [5, 5.41) is 8.98. The lowest BCUT2D eigenvalue weighted by atomic mass is 9.88. The van der Waals surface area contributed by atoms with E-state index < -0.39 is 0 Å². The van der Waals surface area contributed by atoms with Gasteiger partial charge in [0.2, 0.25) is 0 Å². The Morgan fingerprint density at radius 2 is 1.21 bits per heavy atom. The van der Waals surface area contributed by atoms with Crippen molar-refractivity contribution in [1.82, 2.24) is 4.90 Å². The fourth-order valence-corrected chi connectivity index (χ4v) is 5.88. The van der Waals surface area contributed by atoms with E-state index in [0.29, 0.717) is 23.5 Å². The number of ketones is 1. The van der Waals surface area contributed by atoms with Gasteiger partial charge in [-0.05, 0) is 79.8 Å². The first kappa shape index (κ1) is 23.0. The van der Waals surface area contributed by atoms with Gasteiger partial charge in [0.05, 0.1) is 0 Å². The highest BCUT2D eigenvalue weighted by molar-refractivity contribution is 5.98. The maximum Gasteiger partial charge on any atom is 0.166 e. The summed E-state index contributed by atoms with van der Waals surface area (Å²) in [7, 11) is 0. The van der Waals surface area contributed by atoms with Gasteiger partial charge >= 0.3 is 0 Å². The molecular weight excluding hydrogens is 418 g/mol. The molecule has 3 aromatic rings. The number of aliphatic hydroxyl groups is 1. The zero-order valence-corrected chi connectivity index (χ0v) is 19.9. The van der Waals surface area contributed by atoms with Gasteiger partial charge < -0.3 is 10.0 Å². The van der Waals surface area contributed by atoms with E-state index in [2.05, 4.69) is 89.8 Å². The Kier molecular flexibility index (Phi) is 7.22. The van der Waals surface area contributed by atoms with Crippen LogP contribution >= 0.6 is 0 Å². The van der Waals surface area contributed by atoms with E-state index in [1.165, 1.54) is 16.7 Å². The van der Waals surface area contributed by atoms with Gasteiger partial charge in [-0.3, -0.25) is 4.79 Å². The average molecular weight is 454 g/mol. The Hall–Kier alpha value is -2.75. The second-order valence-electron chi connectivity index (χ2n) is 9.93. The Morgan fingerprint density at radius 3 is 1.71 bits per heavy atom. The third-order valence-electron chi connectivity index (χ3n) is 7.81. The number of hydrogen-bond acceptors (Lipinski definition) is 3. The molecule has 2 atom stereocenters. The number of unbranched alkanes of at least 4 members (excludes halogenated alkanes) is 1. The van der Waals surface area contributed by atoms with Crippen molar-refractivity contribution >= 4 is 5.78 Å². The number of hydrogen-bond donors (Lipinski definition) is 1. The van der Waals surface area contributed by atoms with Crippen molar-refractivity contribution in [3.05, 3.63) is 107 Å². The number of Topliss-reactive ketones (excluding diaryl/α,β-unsaturated/α-hetero) is 1. The molecule has 1 saturated heterocycles. The van der Waals surface area contributed by atoms with E-state index in [0.717, 1.165) is 50.9 Å². The minimum atomic E-state index is 0.134. The molecule has 5 rings (SSSR count). The monoisotopic (exact) mass is 453 g/mol. The number of carbonyl (C=O) groups excluding carboxylic acids is 1. The summed E-state index contributed by atoms with van der Waals surface area (Å²) in [6.07, 6.45) is 3.77. The zero-order chi connectivity index (χ0) is 23.3. The fraction of sp³-hybridized carbons (Fsp3) is 0.387. The SMILES string of the molecule is O=C(c1ccc(C2C(c3ccccc3)C2c2ccccc2)cc1)C1CCN(CCCCO)CC1. The third kappa shape index (κ3) is 5.01. The number of piperidine rings is 1. The molecule has 34 heavy (non-hydrogen) atoms. The summed E-state index contributed by atoms with van der Waals surface area (Å²) in [5.41, 5.74) is 4.98. The smallest absolute Gasteiger partial charge is 0.166 e. The van der Waals surface area contributed by atoms with Crippen molar-refractivity contribution in [2.75, 3.05) is 26.2 Å². The minimum absolute atomic E-state index is 0.134. The van der Waals surface area contributed by atoms with Crippen LogP contribution in [0.4, 0.5) is 0 Å². The molecule has 0 aromatic heterocycles. The molecule has 3 aromatic carbocycles. The molecule has 1 heterocycles. The van der Waals surface area contributed by atoms with Gasteiger partial charge in [-0.25, -0.2) is 0 Å². The molecule has 0 bridgehead atoms. The molecular formula is C31H35NO2. The van der Waals surface area contributed by atoms with Crippen molar-refractivity contribution in [2.24, 2.45) is 5.92 Å². The Balaban J connectivity index is 1.26. The lowest BCUT2D eigenvalue weighted by molar-refractivity contribution is 0.0838. The second-order valence-corrected chi connectivity index (χ2v) is 9.93. The molecule has 0 spiro atoms. The molecule has 3 heteroatoms. The maximum absolute atomic E-state index is 13.2. The maximum atomic E-state index is 13.2. The first-order valence-corrected chi connectivity index (χ1v) is 12.8. The van der Waals surface area contributed by atoms with Crippen LogP contribution in [0.15, 0.2) is 84.9 Å². The molecule has 1 aliphatic heterocycles. The number of rotatable bonds is 9. The minimum Gasteiger partial charge on any atom is -0.396 e. The van der Waals surface area contributed by atoms with Crippen LogP contribution in [0, 0.1) is 5.92 Å². The van der Waals surface area contributed by atoms with Crippen LogP contribution in [0.25, 0.3) is 0 Å². The lowest BCUT2D eigenvalue weighted by Gasteiger charge is -2.31. The van der Waals surface area contributed by atoms with Crippen LogP contribution in [-0.2, 0) is 0 Å². The van der Waals surface area contributed by atoms with Crippen LogP contribution in [-0.4, -0.2) is 42.0 Å². The van der Waals surface area contributed by atoms with Gasteiger partial charge in [-0.1, -0.05) is 84.9 Å². The molecule has 1 N–H and O–H groups in total. The van der Waals surface area contributed by atoms with Gasteiger partial charge in [-0.15, -0.1) is 0 Å². The van der Waals surface area contributed by atoms with E-state index in [1.54, 1.807) is 0 Å². The van der Waals surface area contributed by atoms with Crippen LogP contribution in [0.3, 0.4) is 0 Å². The zero-order valence-electron chi connectivity index (χ0n) is 19.9. The first-order valence-electron chi connectivity index (χ1n) is 12.8. The van der Waals surface area contributed by atoms with Gasteiger partial charge in [0.15, 0.2) is 5.78 Å². The Morgan fingerprint density at radius 1 is 0.706 bits per heavy atom. The van der Waals surface area contributed by atoms with Gasteiger partial charge in [0.25, 0.3) is 0 Å². The van der Waals surface area contributed by atoms with Crippen LogP contribution in [0.1, 0.15) is 70.5 Å². The highest BCUT2D eigenvalue weighted by Gasteiger charge is 2.52. The molecule has 2 fully saturated rings. The molecule has 3 nitrogen and oxygen atoms in total. The van der Waals surface area contributed by atoms with Crippen LogP contribution < -0.4 is 0 Å². The van der Waals surface area contributed by atoms with Crippen LogP contribution in [0.2, 0.25) is 0 Å². The largest absolute Gasteiger partial charge is 0.396 e. The molecule has 2 unspecified atom stereocenters. The Bertz CT molecular complexity index is 1010. The number of benzene rings is 3.